The van der Waals surface area contributed by atoms with Crippen molar-refractivity contribution < 1.29 is 22.7 Å². The molecule has 172 valence electrons. The molecule has 3 heterocycles. The van der Waals surface area contributed by atoms with Crippen molar-refractivity contribution >= 4 is 11.6 Å². The van der Waals surface area contributed by atoms with E-state index in [1.165, 1.54) is 13.2 Å². The van der Waals surface area contributed by atoms with Crippen LogP contribution >= 0.6 is 0 Å². The minimum absolute atomic E-state index is 0.0917. The molecule has 0 radical (unpaired) electrons. The van der Waals surface area contributed by atoms with E-state index >= 15 is 0 Å². The minimum Gasteiger partial charge on any atom is -0.497 e. The average Bonchev–Trinajstić information content (AvgIpc) is 3.35. The Bertz CT molecular complexity index is 1320. The largest absolute Gasteiger partial charge is 0.497 e. The summed E-state index contributed by atoms with van der Waals surface area (Å²) in [5, 5.41) is 10.8. The van der Waals surface area contributed by atoms with Gasteiger partial charge in [-0.15, -0.1) is 0 Å². The lowest BCUT2D eigenvalue weighted by molar-refractivity contribution is -0.142. The average molecular weight is 458 g/mol. The van der Waals surface area contributed by atoms with E-state index in [1.807, 2.05) is 6.92 Å². The van der Waals surface area contributed by atoms with Crippen LogP contribution in [0, 0.1) is 6.92 Å². The third-order valence-electron chi connectivity index (χ3n) is 5.42. The number of methoxy groups -OCH3 is 1. The lowest BCUT2D eigenvalue weighted by atomic mass is 10.1. The van der Waals surface area contributed by atoms with Gasteiger partial charge < -0.3 is 10.1 Å². The van der Waals surface area contributed by atoms with Gasteiger partial charge in [0, 0.05) is 29.9 Å². The van der Waals surface area contributed by atoms with E-state index < -0.39 is 23.8 Å². The van der Waals surface area contributed by atoms with Gasteiger partial charge >= 0.3 is 6.18 Å². The quantitative estimate of drug-likeness (QED) is 0.489. The maximum Gasteiger partial charge on any atom is 0.433 e. The van der Waals surface area contributed by atoms with Crippen molar-refractivity contribution in [3.05, 3.63) is 65.2 Å². The highest BCUT2D eigenvalue weighted by Gasteiger charge is 2.35. The maximum atomic E-state index is 13.8. The molecule has 1 atom stereocenters. The first-order chi connectivity index (χ1) is 15.6. The SMILES string of the molecule is COc1ccc(-c2cc(C(F)(F)F)n3nc(C(=O)NC(C)c4cnn(C)c4C)cc3n2)cc1. The van der Waals surface area contributed by atoms with Gasteiger partial charge in [-0.25, -0.2) is 9.50 Å². The second kappa shape index (κ2) is 8.23. The van der Waals surface area contributed by atoms with Crippen LogP contribution in [-0.2, 0) is 13.2 Å². The molecule has 0 fully saturated rings. The van der Waals surface area contributed by atoms with Gasteiger partial charge in [0.25, 0.3) is 5.91 Å². The standard InChI is InChI=1S/C22H21F3N6O2/c1-12(16-11-26-30(3)13(16)2)27-21(32)18-10-20-28-17(14-5-7-15(33-4)8-6-14)9-19(22(23,24)25)31(20)29-18/h5-12H,1-4H3,(H,27,32). The van der Waals surface area contributed by atoms with Crippen LogP contribution in [0.5, 0.6) is 5.75 Å². The van der Waals surface area contributed by atoms with E-state index in [9.17, 15) is 18.0 Å². The normalized spacial score (nSPS) is 12.7. The first-order valence-corrected chi connectivity index (χ1v) is 10.00. The molecular weight excluding hydrogens is 437 g/mol. The van der Waals surface area contributed by atoms with Gasteiger partial charge in [0.05, 0.1) is 25.0 Å². The number of amides is 1. The summed E-state index contributed by atoms with van der Waals surface area (Å²) >= 11 is 0. The van der Waals surface area contributed by atoms with Crippen molar-refractivity contribution in [1.82, 2.24) is 29.7 Å². The van der Waals surface area contributed by atoms with Gasteiger partial charge in [0.15, 0.2) is 17.0 Å². The lowest BCUT2D eigenvalue weighted by Gasteiger charge is -2.12. The number of ether oxygens (including phenoxy) is 1. The summed E-state index contributed by atoms with van der Waals surface area (Å²) < 4.78 is 48.8. The van der Waals surface area contributed by atoms with Crippen LogP contribution in [0.2, 0.25) is 0 Å². The maximum absolute atomic E-state index is 13.8. The highest BCUT2D eigenvalue weighted by molar-refractivity contribution is 5.93. The van der Waals surface area contributed by atoms with Crippen LogP contribution in [0.4, 0.5) is 13.2 Å². The molecule has 3 aromatic heterocycles. The lowest BCUT2D eigenvalue weighted by Crippen LogP contribution is -2.27. The van der Waals surface area contributed by atoms with Gasteiger partial charge in [-0.2, -0.15) is 23.4 Å². The van der Waals surface area contributed by atoms with Gasteiger partial charge in [0.1, 0.15) is 5.75 Å². The number of halogens is 3. The molecule has 1 amide bonds. The number of nitrogens with one attached hydrogen (secondary N) is 1. The van der Waals surface area contributed by atoms with Gasteiger partial charge in [-0.3, -0.25) is 9.48 Å². The third kappa shape index (κ3) is 4.26. The van der Waals surface area contributed by atoms with Crippen molar-refractivity contribution in [1.29, 1.82) is 0 Å². The van der Waals surface area contributed by atoms with Crippen LogP contribution in [0.15, 0.2) is 42.6 Å². The van der Waals surface area contributed by atoms with Gasteiger partial charge in [-0.05, 0) is 44.2 Å². The van der Waals surface area contributed by atoms with Crippen LogP contribution < -0.4 is 10.1 Å². The van der Waals surface area contributed by atoms with Crippen LogP contribution in [0.3, 0.4) is 0 Å². The zero-order valence-corrected chi connectivity index (χ0v) is 18.3. The van der Waals surface area contributed by atoms with Crippen molar-refractivity contribution in [3.63, 3.8) is 0 Å². The number of hydrogen-bond acceptors (Lipinski definition) is 5. The Balaban J connectivity index is 1.72. The Labute approximate surface area is 187 Å². The Morgan fingerprint density at radius 2 is 1.88 bits per heavy atom. The number of fused-ring (bicyclic) bond motifs is 1. The molecule has 1 N–H and O–H groups in total. The smallest absolute Gasteiger partial charge is 0.433 e. The molecule has 0 saturated carbocycles. The minimum atomic E-state index is -4.71. The van der Waals surface area contributed by atoms with E-state index in [1.54, 1.807) is 49.1 Å². The van der Waals surface area contributed by atoms with Crippen LogP contribution in [0.1, 0.15) is 40.4 Å². The fourth-order valence-corrected chi connectivity index (χ4v) is 3.49. The van der Waals surface area contributed by atoms with Crippen LogP contribution in [0.25, 0.3) is 16.9 Å². The number of alkyl halides is 3. The number of aromatic nitrogens is 5. The number of hydrogen-bond donors (Lipinski definition) is 1. The third-order valence-corrected chi connectivity index (χ3v) is 5.42. The fraction of sp³-hybridized carbons (Fsp3) is 0.273. The number of nitrogens with zero attached hydrogens (tertiary/aromatic N) is 5. The van der Waals surface area contributed by atoms with Gasteiger partial charge in [-0.1, -0.05) is 0 Å². The molecule has 4 rings (SSSR count). The Kier molecular flexibility index (Phi) is 5.56. The first-order valence-electron chi connectivity index (χ1n) is 10.00. The summed E-state index contributed by atoms with van der Waals surface area (Å²) in [5.74, 6) is -0.0486. The molecule has 1 unspecified atom stereocenters. The molecular formula is C22H21F3N6O2. The Morgan fingerprint density at radius 1 is 1.18 bits per heavy atom. The molecule has 33 heavy (non-hydrogen) atoms. The van der Waals surface area contributed by atoms with Gasteiger partial charge in [0.2, 0.25) is 0 Å². The molecule has 11 heteroatoms. The second-order valence-electron chi connectivity index (χ2n) is 7.56. The van der Waals surface area contributed by atoms with Crippen LogP contribution in [-0.4, -0.2) is 37.4 Å². The predicted molar refractivity (Wildman–Crippen MR) is 114 cm³/mol. The summed E-state index contributed by atoms with van der Waals surface area (Å²) in [6.07, 6.45) is -3.07. The second-order valence-corrected chi connectivity index (χ2v) is 7.56. The molecule has 0 aliphatic heterocycles. The summed E-state index contributed by atoms with van der Waals surface area (Å²) in [7, 11) is 3.27. The molecule has 8 nitrogen and oxygen atoms in total. The fourth-order valence-electron chi connectivity index (χ4n) is 3.49. The number of aryl methyl sites for hydroxylation is 1. The molecule has 0 aliphatic rings. The summed E-state index contributed by atoms with van der Waals surface area (Å²) in [6, 6.07) is 8.21. The number of rotatable bonds is 5. The molecule has 0 saturated heterocycles. The van der Waals surface area contributed by atoms with E-state index in [2.05, 4.69) is 20.5 Å². The first kappa shape index (κ1) is 22.3. The molecule has 4 aromatic rings. The number of benzene rings is 1. The Morgan fingerprint density at radius 3 is 2.45 bits per heavy atom. The monoisotopic (exact) mass is 458 g/mol. The van der Waals surface area contributed by atoms with E-state index in [0.717, 1.165) is 17.3 Å². The van der Waals surface area contributed by atoms with Crippen molar-refractivity contribution in [2.45, 2.75) is 26.1 Å². The predicted octanol–water partition coefficient (Wildman–Crippen LogP) is 3.96. The highest BCUT2D eigenvalue weighted by atomic mass is 19.4. The van der Waals surface area contributed by atoms with E-state index in [-0.39, 0.29) is 17.0 Å². The zero-order chi connectivity index (χ0) is 23.9. The van der Waals surface area contributed by atoms with E-state index in [4.69, 9.17) is 4.74 Å². The molecule has 1 aromatic carbocycles. The zero-order valence-electron chi connectivity index (χ0n) is 18.3. The molecule has 0 bridgehead atoms. The molecule has 0 spiro atoms. The number of carbonyl (C=O) groups excluding carboxylic acids is 1. The summed E-state index contributed by atoms with van der Waals surface area (Å²) in [5.41, 5.74) is 0.932. The van der Waals surface area contributed by atoms with Crippen molar-refractivity contribution in [3.8, 4) is 17.0 Å². The Hall–Kier alpha value is -3.89. The summed E-state index contributed by atoms with van der Waals surface area (Å²) in [4.78, 5) is 17.1. The topological polar surface area (TPSA) is 86.3 Å². The van der Waals surface area contributed by atoms with Crippen molar-refractivity contribution in [2.24, 2.45) is 7.05 Å². The summed E-state index contributed by atoms with van der Waals surface area (Å²) in [6.45, 7) is 3.62. The van der Waals surface area contributed by atoms with E-state index in [0.29, 0.717) is 15.8 Å². The molecule has 0 aliphatic carbocycles. The highest BCUT2D eigenvalue weighted by Crippen LogP contribution is 2.32. The van der Waals surface area contributed by atoms with Crippen molar-refractivity contribution in [2.75, 3.05) is 7.11 Å². The number of carbonyl (C=O) groups is 1.